The first-order chi connectivity index (χ1) is 9.90. The van der Waals surface area contributed by atoms with Crippen molar-refractivity contribution in [2.75, 3.05) is 45.5 Å². The Balaban J connectivity index is 1.82. The van der Waals surface area contributed by atoms with Gasteiger partial charge >= 0.3 is 0 Å². The lowest BCUT2D eigenvalue weighted by Crippen LogP contribution is -2.51. The number of sulfonamides is 1. The van der Waals surface area contributed by atoms with Crippen LogP contribution in [0.5, 0.6) is 0 Å². The van der Waals surface area contributed by atoms with Crippen LogP contribution in [0, 0.1) is 11.8 Å². The molecule has 2 heterocycles. The summed E-state index contributed by atoms with van der Waals surface area (Å²) in [6.45, 7) is 10.3. The Morgan fingerprint density at radius 2 is 1.95 bits per heavy atom. The summed E-state index contributed by atoms with van der Waals surface area (Å²) < 4.78 is 25.1. The number of nitrogens with zero attached hydrogens (tertiary/aromatic N) is 2. The van der Waals surface area contributed by atoms with E-state index in [2.05, 4.69) is 24.1 Å². The lowest BCUT2D eigenvalue weighted by Gasteiger charge is -2.40. The van der Waals surface area contributed by atoms with Crippen molar-refractivity contribution in [3.05, 3.63) is 0 Å². The minimum atomic E-state index is -3.02. The van der Waals surface area contributed by atoms with Crippen LogP contribution in [-0.4, -0.2) is 69.2 Å². The van der Waals surface area contributed by atoms with E-state index in [0.717, 1.165) is 39.0 Å². The average Bonchev–Trinajstić information content (AvgIpc) is 2.41. The molecule has 1 N–H and O–H groups in total. The van der Waals surface area contributed by atoms with Crippen LogP contribution in [-0.2, 0) is 10.0 Å². The largest absolute Gasteiger partial charge is 0.314 e. The van der Waals surface area contributed by atoms with Gasteiger partial charge in [0.1, 0.15) is 0 Å². The molecular formula is C15H31N3O2S. The Labute approximate surface area is 130 Å². The Morgan fingerprint density at radius 1 is 1.19 bits per heavy atom. The second-order valence-electron chi connectivity index (χ2n) is 6.82. The zero-order valence-electron chi connectivity index (χ0n) is 13.7. The molecule has 0 saturated carbocycles. The van der Waals surface area contributed by atoms with E-state index in [1.54, 1.807) is 4.31 Å². The summed E-state index contributed by atoms with van der Waals surface area (Å²) in [5.74, 6) is 1.17. The van der Waals surface area contributed by atoms with Crippen molar-refractivity contribution in [3.63, 3.8) is 0 Å². The highest BCUT2D eigenvalue weighted by molar-refractivity contribution is 7.88. The Bertz CT molecular complexity index is 427. The van der Waals surface area contributed by atoms with Crippen LogP contribution >= 0.6 is 0 Å². The van der Waals surface area contributed by atoms with Gasteiger partial charge in [0, 0.05) is 32.2 Å². The average molecular weight is 317 g/mol. The van der Waals surface area contributed by atoms with E-state index in [0.29, 0.717) is 31.0 Å². The van der Waals surface area contributed by atoms with Crippen molar-refractivity contribution in [2.45, 2.75) is 39.2 Å². The van der Waals surface area contributed by atoms with Crippen molar-refractivity contribution in [3.8, 4) is 0 Å². The number of nitrogens with one attached hydrogen (secondary N) is 1. The number of likely N-dealkylation sites (tertiary alicyclic amines) is 1. The molecule has 0 bridgehead atoms. The molecule has 0 spiro atoms. The quantitative estimate of drug-likeness (QED) is 0.821. The zero-order valence-corrected chi connectivity index (χ0v) is 14.5. The van der Waals surface area contributed by atoms with E-state index < -0.39 is 10.0 Å². The third-order valence-corrected chi connectivity index (χ3v) is 6.19. The fourth-order valence-corrected chi connectivity index (χ4v) is 4.75. The molecule has 3 unspecified atom stereocenters. The molecule has 0 aromatic heterocycles. The normalized spacial score (nSPS) is 33.2. The first kappa shape index (κ1) is 17.2. The lowest BCUT2D eigenvalue weighted by atomic mass is 9.92. The van der Waals surface area contributed by atoms with Gasteiger partial charge in [-0.15, -0.1) is 0 Å². The van der Waals surface area contributed by atoms with Gasteiger partial charge in [0.05, 0.1) is 6.26 Å². The standard InChI is InChI=1S/C15H31N3O2S/c1-4-16-15-7-9-17(10-13(15)2)11-14-6-5-8-18(12-14)21(3,19)20/h13-16H,4-12H2,1-3H3. The third-order valence-electron chi connectivity index (χ3n) is 4.92. The van der Waals surface area contributed by atoms with Crippen molar-refractivity contribution in [1.82, 2.24) is 14.5 Å². The molecule has 2 aliphatic heterocycles. The van der Waals surface area contributed by atoms with Gasteiger partial charge < -0.3 is 10.2 Å². The fourth-order valence-electron chi connectivity index (χ4n) is 3.81. The molecule has 0 aromatic carbocycles. The topological polar surface area (TPSA) is 52.6 Å². The summed E-state index contributed by atoms with van der Waals surface area (Å²) in [5.41, 5.74) is 0. The summed E-state index contributed by atoms with van der Waals surface area (Å²) in [5, 5.41) is 3.57. The lowest BCUT2D eigenvalue weighted by molar-refractivity contribution is 0.113. The maximum atomic E-state index is 11.7. The summed E-state index contributed by atoms with van der Waals surface area (Å²) in [4.78, 5) is 2.54. The predicted octanol–water partition coefficient (Wildman–Crippen LogP) is 0.978. The van der Waals surface area contributed by atoms with E-state index in [9.17, 15) is 8.42 Å². The smallest absolute Gasteiger partial charge is 0.211 e. The molecule has 0 amide bonds. The van der Waals surface area contributed by atoms with Gasteiger partial charge in [-0.1, -0.05) is 13.8 Å². The molecule has 5 nitrogen and oxygen atoms in total. The zero-order chi connectivity index (χ0) is 15.5. The summed E-state index contributed by atoms with van der Waals surface area (Å²) in [6.07, 6.45) is 4.70. The summed E-state index contributed by atoms with van der Waals surface area (Å²) in [6, 6.07) is 0.644. The van der Waals surface area contributed by atoms with E-state index in [4.69, 9.17) is 0 Å². The van der Waals surface area contributed by atoms with Gasteiger partial charge in [0.25, 0.3) is 0 Å². The first-order valence-corrected chi connectivity index (χ1v) is 10.2. The molecule has 0 aliphatic carbocycles. The van der Waals surface area contributed by atoms with Crippen molar-refractivity contribution < 1.29 is 8.42 Å². The van der Waals surface area contributed by atoms with Crippen LogP contribution in [0.2, 0.25) is 0 Å². The molecule has 2 saturated heterocycles. The van der Waals surface area contributed by atoms with E-state index in [-0.39, 0.29) is 0 Å². The van der Waals surface area contributed by atoms with Gasteiger partial charge in [-0.05, 0) is 44.2 Å². The number of hydrogen-bond acceptors (Lipinski definition) is 4. The molecule has 2 fully saturated rings. The van der Waals surface area contributed by atoms with Crippen LogP contribution in [0.3, 0.4) is 0 Å². The first-order valence-electron chi connectivity index (χ1n) is 8.31. The summed E-state index contributed by atoms with van der Waals surface area (Å²) in [7, 11) is -3.02. The van der Waals surface area contributed by atoms with E-state index in [1.165, 1.54) is 12.7 Å². The number of rotatable bonds is 5. The van der Waals surface area contributed by atoms with Crippen molar-refractivity contribution >= 4 is 10.0 Å². The Hall–Kier alpha value is -0.170. The molecule has 2 aliphatic rings. The van der Waals surface area contributed by atoms with Gasteiger partial charge in [-0.3, -0.25) is 0 Å². The monoisotopic (exact) mass is 317 g/mol. The second kappa shape index (κ2) is 7.40. The third kappa shape index (κ3) is 4.91. The molecule has 6 heteroatoms. The van der Waals surface area contributed by atoms with Gasteiger partial charge in [-0.25, -0.2) is 12.7 Å². The molecule has 2 rings (SSSR count). The fraction of sp³-hybridized carbons (Fsp3) is 1.00. The minimum Gasteiger partial charge on any atom is -0.314 e. The second-order valence-corrected chi connectivity index (χ2v) is 8.80. The van der Waals surface area contributed by atoms with Crippen molar-refractivity contribution in [1.29, 1.82) is 0 Å². The highest BCUT2D eigenvalue weighted by Crippen LogP contribution is 2.23. The SMILES string of the molecule is CCNC1CCN(CC2CCCN(S(C)(=O)=O)C2)CC1C. The Morgan fingerprint density at radius 3 is 2.57 bits per heavy atom. The van der Waals surface area contributed by atoms with Crippen LogP contribution < -0.4 is 5.32 Å². The molecular weight excluding hydrogens is 286 g/mol. The molecule has 0 aromatic rings. The minimum absolute atomic E-state index is 0.497. The van der Waals surface area contributed by atoms with Crippen molar-refractivity contribution in [2.24, 2.45) is 11.8 Å². The number of hydrogen-bond donors (Lipinski definition) is 1. The maximum Gasteiger partial charge on any atom is 0.211 e. The molecule has 21 heavy (non-hydrogen) atoms. The van der Waals surface area contributed by atoms with Gasteiger partial charge in [0.2, 0.25) is 10.0 Å². The summed E-state index contributed by atoms with van der Waals surface area (Å²) >= 11 is 0. The molecule has 3 atom stereocenters. The Kier molecular flexibility index (Phi) is 6.05. The van der Waals surface area contributed by atoms with Gasteiger partial charge in [0.15, 0.2) is 0 Å². The van der Waals surface area contributed by atoms with Crippen LogP contribution in [0.25, 0.3) is 0 Å². The van der Waals surface area contributed by atoms with E-state index in [1.807, 2.05) is 0 Å². The van der Waals surface area contributed by atoms with E-state index >= 15 is 0 Å². The molecule has 124 valence electrons. The van der Waals surface area contributed by atoms with Crippen LogP contribution in [0.1, 0.15) is 33.1 Å². The predicted molar refractivity (Wildman–Crippen MR) is 86.8 cm³/mol. The number of piperidine rings is 2. The van der Waals surface area contributed by atoms with Crippen LogP contribution in [0.4, 0.5) is 0 Å². The van der Waals surface area contributed by atoms with Gasteiger partial charge in [-0.2, -0.15) is 0 Å². The highest BCUT2D eigenvalue weighted by atomic mass is 32.2. The van der Waals surface area contributed by atoms with Crippen LogP contribution in [0.15, 0.2) is 0 Å². The maximum absolute atomic E-state index is 11.7. The highest BCUT2D eigenvalue weighted by Gasteiger charge is 2.30. The molecule has 0 radical (unpaired) electrons.